The zero-order valence-corrected chi connectivity index (χ0v) is 16.0. The molecular formula is C22H25N3O3. The molecule has 28 heavy (non-hydrogen) atoms. The summed E-state index contributed by atoms with van der Waals surface area (Å²) in [7, 11) is 1.58. The van der Waals surface area contributed by atoms with Crippen LogP contribution in [0.5, 0.6) is 5.75 Å². The topological polar surface area (TPSA) is 80.3 Å². The third-order valence-electron chi connectivity index (χ3n) is 4.68. The number of carbonyl (C=O) groups is 2. The number of anilines is 1. The third-order valence-corrected chi connectivity index (χ3v) is 4.68. The lowest BCUT2D eigenvalue weighted by molar-refractivity contribution is 0.0949. The van der Waals surface area contributed by atoms with Gasteiger partial charge in [0.05, 0.1) is 7.11 Å². The first-order chi connectivity index (χ1) is 13.7. The van der Waals surface area contributed by atoms with Crippen LogP contribution < -0.4 is 15.4 Å². The average molecular weight is 379 g/mol. The molecule has 6 heteroatoms. The van der Waals surface area contributed by atoms with E-state index < -0.39 is 0 Å². The lowest BCUT2D eigenvalue weighted by atomic mass is 9.97. The number of nitrogens with one attached hydrogen (secondary N) is 2. The van der Waals surface area contributed by atoms with Gasteiger partial charge in [-0.25, -0.2) is 4.98 Å². The Hall–Kier alpha value is -3.15. The second kappa shape index (κ2) is 9.69. The van der Waals surface area contributed by atoms with Crippen molar-refractivity contribution in [3.05, 3.63) is 65.5 Å². The molecule has 2 aromatic rings. The molecule has 3 rings (SSSR count). The van der Waals surface area contributed by atoms with Crippen LogP contribution in [0, 0.1) is 0 Å². The van der Waals surface area contributed by atoms with Crippen molar-refractivity contribution in [1.82, 2.24) is 10.3 Å². The van der Waals surface area contributed by atoms with Gasteiger partial charge in [0.2, 0.25) is 0 Å². The Labute approximate surface area is 165 Å². The number of amides is 2. The predicted molar refractivity (Wildman–Crippen MR) is 109 cm³/mol. The van der Waals surface area contributed by atoms with Crippen LogP contribution in [0.1, 0.15) is 53.1 Å². The van der Waals surface area contributed by atoms with Crippen molar-refractivity contribution in [3.8, 4) is 5.75 Å². The summed E-state index contributed by atoms with van der Waals surface area (Å²) in [5, 5.41) is 5.65. The van der Waals surface area contributed by atoms with Crippen LogP contribution in [0.4, 0.5) is 5.69 Å². The molecule has 0 aliphatic heterocycles. The number of aromatic nitrogens is 1. The van der Waals surface area contributed by atoms with E-state index >= 15 is 0 Å². The zero-order chi connectivity index (χ0) is 19.8. The lowest BCUT2D eigenvalue weighted by Gasteiger charge is -2.13. The summed E-state index contributed by atoms with van der Waals surface area (Å²) in [5.41, 5.74) is 2.47. The van der Waals surface area contributed by atoms with Gasteiger partial charge in [-0.2, -0.15) is 0 Å². The third kappa shape index (κ3) is 5.42. The number of hydrogen-bond acceptors (Lipinski definition) is 4. The van der Waals surface area contributed by atoms with Crippen LogP contribution in [-0.2, 0) is 0 Å². The SMILES string of the molecule is COc1ccc(NC(=O)c2cccc(C(=O)NCCC3=CCCCC3)n2)cc1. The van der Waals surface area contributed by atoms with Gasteiger partial charge in [0.25, 0.3) is 11.8 Å². The zero-order valence-electron chi connectivity index (χ0n) is 16.0. The molecule has 2 amide bonds. The van der Waals surface area contributed by atoms with Crippen molar-refractivity contribution in [2.24, 2.45) is 0 Å². The largest absolute Gasteiger partial charge is 0.497 e. The highest BCUT2D eigenvalue weighted by Gasteiger charge is 2.13. The molecular weight excluding hydrogens is 354 g/mol. The summed E-state index contributed by atoms with van der Waals surface area (Å²) in [4.78, 5) is 29.0. The highest BCUT2D eigenvalue weighted by molar-refractivity contribution is 6.03. The first-order valence-electron chi connectivity index (χ1n) is 9.54. The molecule has 1 aliphatic rings. The van der Waals surface area contributed by atoms with Crippen LogP contribution in [0.3, 0.4) is 0 Å². The summed E-state index contributed by atoms with van der Waals surface area (Å²) in [5.74, 6) is 0.0708. The predicted octanol–water partition coefficient (Wildman–Crippen LogP) is 3.96. The molecule has 1 aromatic carbocycles. The average Bonchev–Trinajstić information content (AvgIpc) is 2.75. The molecule has 0 unspecified atom stereocenters. The van der Waals surface area contributed by atoms with Gasteiger partial charge in [-0.1, -0.05) is 17.7 Å². The van der Waals surface area contributed by atoms with E-state index in [4.69, 9.17) is 4.74 Å². The fourth-order valence-corrected chi connectivity index (χ4v) is 3.12. The Morgan fingerprint density at radius 3 is 2.46 bits per heavy atom. The molecule has 1 aromatic heterocycles. The van der Waals surface area contributed by atoms with E-state index in [-0.39, 0.29) is 23.2 Å². The minimum Gasteiger partial charge on any atom is -0.497 e. The van der Waals surface area contributed by atoms with Gasteiger partial charge in [0.15, 0.2) is 0 Å². The van der Waals surface area contributed by atoms with E-state index in [0.29, 0.717) is 18.0 Å². The van der Waals surface area contributed by atoms with Crippen molar-refractivity contribution < 1.29 is 14.3 Å². The van der Waals surface area contributed by atoms with Gasteiger partial charge in [-0.3, -0.25) is 9.59 Å². The fourth-order valence-electron chi connectivity index (χ4n) is 3.12. The number of nitrogens with zero attached hydrogens (tertiary/aromatic N) is 1. The van der Waals surface area contributed by atoms with Crippen molar-refractivity contribution in [3.63, 3.8) is 0 Å². The summed E-state index contributed by atoms with van der Waals surface area (Å²) < 4.78 is 5.10. The van der Waals surface area contributed by atoms with E-state index in [1.807, 2.05) is 0 Å². The van der Waals surface area contributed by atoms with Crippen molar-refractivity contribution in [2.75, 3.05) is 19.0 Å². The second-order valence-electron chi connectivity index (χ2n) is 6.70. The van der Waals surface area contributed by atoms with Crippen molar-refractivity contribution in [1.29, 1.82) is 0 Å². The number of allylic oxidation sites excluding steroid dienone is 1. The molecule has 0 bridgehead atoms. The van der Waals surface area contributed by atoms with Crippen LogP contribution in [-0.4, -0.2) is 30.5 Å². The maximum absolute atomic E-state index is 12.4. The highest BCUT2D eigenvalue weighted by atomic mass is 16.5. The Morgan fingerprint density at radius 1 is 1.04 bits per heavy atom. The van der Waals surface area contributed by atoms with Crippen LogP contribution in [0.2, 0.25) is 0 Å². The van der Waals surface area contributed by atoms with E-state index in [9.17, 15) is 9.59 Å². The molecule has 0 radical (unpaired) electrons. The molecule has 6 nitrogen and oxygen atoms in total. The van der Waals surface area contributed by atoms with E-state index in [1.165, 1.54) is 18.4 Å². The molecule has 0 saturated carbocycles. The normalized spacial score (nSPS) is 13.4. The van der Waals surface area contributed by atoms with Gasteiger partial charge < -0.3 is 15.4 Å². The van der Waals surface area contributed by atoms with Crippen molar-refractivity contribution >= 4 is 17.5 Å². The molecule has 0 atom stereocenters. The van der Waals surface area contributed by atoms with E-state index in [1.54, 1.807) is 49.6 Å². The first-order valence-corrected chi connectivity index (χ1v) is 9.54. The van der Waals surface area contributed by atoms with Crippen molar-refractivity contribution in [2.45, 2.75) is 32.1 Å². The lowest BCUT2D eigenvalue weighted by Crippen LogP contribution is -2.26. The molecule has 0 spiro atoms. The molecule has 146 valence electrons. The molecule has 0 fully saturated rings. The number of methoxy groups -OCH3 is 1. The van der Waals surface area contributed by atoms with Gasteiger partial charge in [-0.05, 0) is 68.5 Å². The van der Waals surface area contributed by atoms with Gasteiger partial charge in [0.1, 0.15) is 17.1 Å². The Balaban J connectivity index is 1.56. The van der Waals surface area contributed by atoms with E-state index in [0.717, 1.165) is 19.3 Å². The van der Waals surface area contributed by atoms with Gasteiger partial charge in [0, 0.05) is 12.2 Å². The minimum atomic E-state index is -0.368. The second-order valence-corrected chi connectivity index (χ2v) is 6.70. The van der Waals surface area contributed by atoms with Gasteiger partial charge >= 0.3 is 0 Å². The Bertz CT molecular complexity index is 860. The molecule has 2 N–H and O–H groups in total. The number of rotatable bonds is 7. The maximum Gasteiger partial charge on any atom is 0.274 e. The number of carbonyl (C=O) groups excluding carboxylic acids is 2. The van der Waals surface area contributed by atoms with Crippen LogP contribution in [0.25, 0.3) is 0 Å². The van der Waals surface area contributed by atoms with Crippen LogP contribution in [0.15, 0.2) is 54.1 Å². The van der Waals surface area contributed by atoms with Crippen LogP contribution >= 0.6 is 0 Å². The summed E-state index contributed by atoms with van der Waals surface area (Å²) in [6.45, 7) is 0.578. The smallest absolute Gasteiger partial charge is 0.274 e. The standard InChI is InChI=1S/C22H25N3O3/c1-28-18-12-10-17(11-13-18)24-22(27)20-9-5-8-19(25-20)21(26)23-15-14-16-6-3-2-4-7-16/h5-6,8-13H,2-4,7,14-15H2,1H3,(H,23,26)(H,24,27). The molecule has 1 aliphatic carbocycles. The summed E-state index contributed by atoms with van der Waals surface area (Å²) >= 11 is 0. The number of hydrogen-bond donors (Lipinski definition) is 2. The summed E-state index contributed by atoms with van der Waals surface area (Å²) in [6.07, 6.45) is 7.88. The minimum absolute atomic E-state index is 0.193. The molecule has 1 heterocycles. The number of pyridine rings is 1. The van der Waals surface area contributed by atoms with Gasteiger partial charge in [-0.15, -0.1) is 0 Å². The quantitative estimate of drug-likeness (QED) is 0.714. The first kappa shape index (κ1) is 19.6. The molecule has 0 saturated heterocycles. The van der Waals surface area contributed by atoms with E-state index in [2.05, 4.69) is 21.7 Å². The number of benzene rings is 1. The Kier molecular flexibility index (Phi) is 6.78. The Morgan fingerprint density at radius 2 is 1.79 bits per heavy atom. The number of ether oxygens (including phenoxy) is 1. The fraction of sp³-hybridized carbons (Fsp3) is 0.318. The maximum atomic E-state index is 12.4. The highest BCUT2D eigenvalue weighted by Crippen LogP contribution is 2.19. The monoisotopic (exact) mass is 379 g/mol. The summed E-state index contributed by atoms with van der Waals surface area (Å²) in [6, 6.07) is 11.9.